The lowest BCUT2D eigenvalue weighted by molar-refractivity contribution is 0.912. The molecule has 0 fully saturated rings. The first-order valence-corrected chi connectivity index (χ1v) is 9.53. The standard InChI is InChI=1S/C18H20BrN7/c1-3-14-11(2)25-26-16(21)15(10-20)17(24-18(14)26)22-8-7-12-5-4-6-13(9-19)23-12/h4-6H,3,7-9,21H2,1-2H3,(H,22,24). The van der Waals surface area contributed by atoms with E-state index >= 15 is 0 Å². The summed E-state index contributed by atoms with van der Waals surface area (Å²) in [5.41, 5.74) is 11.1. The molecule has 0 aromatic carbocycles. The van der Waals surface area contributed by atoms with Crippen molar-refractivity contribution in [3.8, 4) is 6.07 Å². The van der Waals surface area contributed by atoms with Crippen molar-refractivity contribution in [2.75, 3.05) is 17.6 Å². The number of alkyl halides is 1. The van der Waals surface area contributed by atoms with E-state index in [1.807, 2.05) is 25.1 Å². The van der Waals surface area contributed by atoms with Gasteiger partial charge in [0.05, 0.1) is 11.4 Å². The van der Waals surface area contributed by atoms with Gasteiger partial charge in [0.1, 0.15) is 23.3 Å². The normalized spacial score (nSPS) is 10.8. The molecule has 0 bridgehead atoms. The van der Waals surface area contributed by atoms with Gasteiger partial charge in [-0.25, -0.2) is 4.98 Å². The molecule has 0 unspecified atom stereocenters. The number of fused-ring (bicyclic) bond motifs is 1. The Balaban J connectivity index is 1.88. The fourth-order valence-corrected chi connectivity index (χ4v) is 3.24. The number of nitriles is 1. The molecule has 8 heteroatoms. The van der Waals surface area contributed by atoms with Gasteiger partial charge in [0.2, 0.25) is 0 Å². The van der Waals surface area contributed by atoms with Crippen LogP contribution < -0.4 is 11.1 Å². The van der Waals surface area contributed by atoms with Crippen LogP contribution in [0, 0.1) is 18.3 Å². The van der Waals surface area contributed by atoms with Crippen LogP contribution in [-0.2, 0) is 18.2 Å². The van der Waals surface area contributed by atoms with Crippen LogP contribution in [0.1, 0.15) is 35.1 Å². The summed E-state index contributed by atoms with van der Waals surface area (Å²) in [6.07, 6.45) is 1.52. The van der Waals surface area contributed by atoms with E-state index < -0.39 is 0 Å². The summed E-state index contributed by atoms with van der Waals surface area (Å²) in [5.74, 6) is 0.797. The molecular weight excluding hydrogens is 394 g/mol. The first-order valence-electron chi connectivity index (χ1n) is 8.41. The minimum Gasteiger partial charge on any atom is -0.382 e. The van der Waals surface area contributed by atoms with Crippen LogP contribution in [0.3, 0.4) is 0 Å². The number of aromatic nitrogens is 4. The van der Waals surface area contributed by atoms with Crippen LogP contribution in [-0.4, -0.2) is 26.1 Å². The van der Waals surface area contributed by atoms with Crippen molar-refractivity contribution < 1.29 is 0 Å². The third-order valence-corrected chi connectivity index (χ3v) is 4.81. The van der Waals surface area contributed by atoms with Crippen LogP contribution in [0.2, 0.25) is 0 Å². The highest BCUT2D eigenvalue weighted by molar-refractivity contribution is 9.08. The van der Waals surface area contributed by atoms with Crippen LogP contribution >= 0.6 is 15.9 Å². The van der Waals surface area contributed by atoms with Gasteiger partial charge < -0.3 is 11.1 Å². The van der Waals surface area contributed by atoms with Gasteiger partial charge in [-0.1, -0.05) is 28.9 Å². The Hall–Kier alpha value is -2.66. The Morgan fingerprint density at radius 1 is 1.31 bits per heavy atom. The number of aryl methyl sites for hydroxylation is 2. The van der Waals surface area contributed by atoms with Crippen LogP contribution in [0.25, 0.3) is 5.65 Å². The molecule has 0 radical (unpaired) electrons. The second kappa shape index (κ2) is 7.70. The maximum atomic E-state index is 9.51. The van der Waals surface area contributed by atoms with Crippen LogP contribution in [0.15, 0.2) is 18.2 Å². The predicted octanol–water partition coefficient (Wildman–Crippen LogP) is 3.00. The molecule has 0 spiro atoms. The van der Waals surface area contributed by atoms with Crippen molar-refractivity contribution in [3.05, 3.63) is 46.4 Å². The molecule has 3 aromatic heterocycles. The van der Waals surface area contributed by atoms with Crippen molar-refractivity contribution in [1.29, 1.82) is 5.26 Å². The van der Waals surface area contributed by atoms with Gasteiger partial charge in [-0.15, -0.1) is 0 Å². The summed E-state index contributed by atoms with van der Waals surface area (Å²) in [6, 6.07) is 8.09. The first-order chi connectivity index (χ1) is 12.6. The summed E-state index contributed by atoms with van der Waals surface area (Å²) < 4.78 is 1.55. The molecule has 3 aromatic rings. The first kappa shape index (κ1) is 18.1. The number of nitrogens with zero attached hydrogens (tertiary/aromatic N) is 5. The van der Waals surface area contributed by atoms with Gasteiger partial charge in [0, 0.05) is 29.6 Å². The molecule has 3 N–H and O–H groups in total. The van der Waals surface area contributed by atoms with Crippen LogP contribution in [0.5, 0.6) is 0 Å². The monoisotopic (exact) mass is 413 g/mol. The van der Waals surface area contributed by atoms with Gasteiger partial charge in [-0.05, 0) is 25.5 Å². The summed E-state index contributed by atoms with van der Waals surface area (Å²) >= 11 is 3.42. The van der Waals surface area contributed by atoms with E-state index in [0.717, 1.165) is 40.8 Å². The topological polar surface area (TPSA) is 105 Å². The molecule has 0 aliphatic carbocycles. The highest BCUT2D eigenvalue weighted by Gasteiger charge is 2.18. The smallest absolute Gasteiger partial charge is 0.163 e. The second-order valence-electron chi connectivity index (χ2n) is 5.92. The zero-order chi connectivity index (χ0) is 18.7. The quantitative estimate of drug-likeness (QED) is 0.601. The third-order valence-electron chi connectivity index (χ3n) is 4.24. The number of nitrogens with one attached hydrogen (secondary N) is 1. The van der Waals surface area contributed by atoms with E-state index in [-0.39, 0.29) is 0 Å². The maximum absolute atomic E-state index is 9.51. The number of nitrogen functional groups attached to an aromatic ring is 1. The number of hydrogen-bond acceptors (Lipinski definition) is 6. The maximum Gasteiger partial charge on any atom is 0.163 e. The lowest BCUT2D eigenvalue weighted by atomic mass is 10.2. The summed E-state index contributed by atoms with van der Waals surface area (Å²) in [6.45, 7) is 4.58. The Morgan fingerprint density at radius 3 is 2.77 bits per heavy atom. The van der Waals surface area contributed by atoms with E-state index in [0.29, 0.717) is 29.4 Å². The molecule has 0 saturated heterocycles. The minimum atomic E-state index is 0.308. The number of rotatable bonds is 6. The number of halogens is 1. The van der Waals surface area contributed by atoms with E-state index in [2.05, 4.69) is 49.3 Å². The van der Waals surface area contributed by atoms with Gasteiger partial charge >= 0.3 is 0 Å². The lowest BCUT2D eigenvalue weighted by Gasteiger charge is -2.11. The molecular formula is C18H20BrN7. The fraction of sp³-hybridized carbons (Fsp3) is 0.333. The molecule has 0 atom stereocenters. The number of hydrogen-bond donors (Lipinski definition) is 2. The average molecular weight is 414 g/mol. The zero-order valence-corrected chi connectivity index (χ0v) is 16.3. The SMILES string of the molecule is CCc1c(C)nn2c(N)c(C#N)c(NCCc3cccc(CBr)n3)nc12. The largest absolute Gasteiger partial charge is 0.382 e. The number of anilines is 2. The van der Waals surface area contributed by atoms with Crippen molar-refractivity contribution in [2.24, 2.45) is 0 Å². The van der Waals surface area contributed by atoms with E-state index in [9.17, 15) is 5.26 Å². The molecule has 3 rings (SSSR count). The zero-order valence-electron chi connectivity index (χ0n) is 14.8. The van der Waals surface area contributed by atoms with Gasteiger partial charge in [0.25, 0.3) is 0 Å². The Bertz CT molecular complexity index is 987. The highest BCUT2D eigenvalue weighted by Crippen LogP contribution is 2.24. The Labute approximate surface area is 160 Å². The third kappa shape index (κ3) is 3.35. The van der Waals surface area contributed by atoms with Crippen molar-refractivity contribution in [1.82, 2.24) is 19.6 Å². The van der Waals surface area contributed by atoms with E-state index in [1.165, 1.54) is 0 Å². The summed E-state index contributed by atoms with van der Waals surface area (Å²) in [5, 5.41) is 17.9. The molecule has 0 amide bonds. The molecule has 7 nitrogen and oxygen atoms in total. The number of pyridine rings is 1. The molecule has 0 aliphatic heterocycles. The molecule has 0 aliphatic rings. The van der Waals surface area contributed by atoms with Gasteiger partial charge in [-0.2, -0.15) is 14.9 Å². The van der Waals surface area contributed by atoms with Crippen LogP contribution in [0.4, 0.5) is 11.6 Å². The van der Waals surface area contributed by atoms with Crippen molar-refractivity contribution >= 4 is 33.2 Å². The lowest BCUT2D eigenvalue weighted by Crippen LogP contribution is -2.13. The Kier molecular flexibility index (Phi) is 5.38. The minimum absolute atomic E-state index is 0.308. The molecule has 0 saturated carbocycles. The molecule has 26 heavy (non-hydrogen) atoms. The summed E-state index contributed by atoms with van der Waals surface area (Å²) in [7, 11) is 0. The average Bonchev–Trinajstić information content (AvgIpc) is 2.97. The molecule has 3 heterocycles. The van der Waals surface area contributed by atoms with E-state index in [4.69, 9.17) is 5.73 Å². The van der Waals surface area contributed by atoms with Gasteiger partial charge in [0.15, 0.2) is 5.65 Å². The van der Waals surface area contributed by atoms with Crippen molar-refractivity contribution in [3.63, 3.8) is 0 Å². The number of nitrogens with two attached hydrogens (primary N) is 1. The van der Waals surface area contributed by atoms with E-state index in [1.54, 1.807) is 4.52 Å². The summed E-state index contributed by atoms with van der Waals surface area (Å²) in [4.78, 5) is 9.17. The highest BCUT2D eigenvalue weighted by atomic mass is 79.9. The fourth-order valence-electron chi connectivity index (χ4n) is 2.92. The molecule has 134 valence electrons. The van der Waals surface area contributed by atoms with Crippen molar-refractivity contribution in [2.45, 2.75) is 32.0 Å². The Morgan fingerprint density at radius 2 is 2.08 bits per heavy atom. The second-order valence-corrected chi connectivity index (χ2v) is 6.48. The predicted molar refractivity (Wildman–Crippen MR) is 105 cm³/mol. The van der Waals surface area contributed by atoms with Gasteiger partial charge in [-0.3, -0.25) is 4.98 Å².